The van der Waals surface area contributed by atoms with Crippen molar-refractivity contribution in [3.63, 3.8) is 0 Å². The van der Waals surface area contributed by atoms with Crippen LogP contribution in [0.25, 0.3) is 0 Å². The Kier molecular flexibility index (Phi) is 3.70. The van der Waals surface area contributed by atoms with Gasteiger partial charge in [0.15, 0.2) is 9.84 Å². The third kappa shape index (κ3) is 2.68. The van der Waals surface area contributed by atoms with Gasteiger partial charge in [-0.05, 0) is 17.3 Å². The highest BCUT2D eigenvalue weighted by Gasteiger charge is 2.28. The van der Waals surface area contributed by atoms with Crippen LogP contribution in [-0.2, 0) is 9.84 Å². The second-order valence-corrected chi connectivity index (χ2v) is 5.84. The molecule has 0 heterocycles. The fraction of sp³-hybridized carbons (Fsp3) is 0.250. The van der Waals surface area contributed by atoms with E-state index in [4.69, 9.17) is 23.2 Å². The molecule has 0 fully saturated rings. The predicted octanol–water partition coefficient (Wildman–Crippen LogP) is 2.80. The minimum atomic E-state index is -3.66. The first kappa shape index (κ1) is 12.4. The molecule has 0 amide bonds. The summed E-state index contributed by atoms with van der Waals surface area (Å²) in [7, 11) is -3.66. The molecule has 4 nitrogen and oxygen atoms in total. The van der Waals surface area contributed by atoms with Crippen LogP contribution in [0.5, 0.6) is 0 Å². The molecule has 7 heteroatoms. The van der Waals surface area contributed by atoms with E-state index in [9.17, 15) is 13.3 Å². The zero-order chi connectivity index (χ0) is 11.6. The number of halogens is 2. The van der Waals surface area contributed by atoms with Crippen molar-refractivity contribution in [2.75, 3.05) is 6.26 Å². The molecule has 0 aliphatic heterocycles. The van der Waals surface area contributed by atoms with E-state index in [-0.39, 0.29) is 15.6 Å². The van der Waals surface area contributed by atoms with Gasteiger partial charge >= 0.3 is 0 Å². The average molecular weight is 268 g/mol. The summed E-state index contributed by atoms with van der Waals surface area (Å²) in [6.45, 7) is 0. The maximum absolute atomic E-state index is 11.3. The van der Waals surface area contributed by atoms with Crippen LogP contribution in [0.2, 0.25) is 10.0 Å². The summed E-state index contributed by atoms with van der Waals surface area (Å²) in [6, 6.07) is 4.45. The third-order valence-electron chi connectivity index (χ3n) is 1.75. The van der Waals surface area contributed by atoms with Crippen molar-refractivity contribution in [1.82, 2.24) is 0 Å². The molecule has 0 aliphatic rings. The van der Waals surface area contributed by atoms with Gasteiger partial charge in [0.05, 0.1) is 0 Å². The highest BCUT2D eigenvalue weighted by Crippen LogP contribution is 2.34. The van der Waals surface area contributed by atoms with Gasteiger partial charge in [0, 0.05) is 21.9 Å². The average Bonchev–Trinajstić information content (AvgIpc) is 2.09. The minimum Gasteiger partial charge on any atom is -0.226 e. The van der Waals surface area contributed by atoms with Crippen LogP contribution in [0.3, 0.4) is 0 Å². The van der Waals surface area contributed by atoms with Gasteiger partial charge in [-0.1, -0.05) is 29.3 Å². The van der Waals surface area contributed by atoms with Crippen LogP contribution in [-0.4, -0.2) is 14.7 Å². The van der Waals surface area contributed by atoms with Crippen LogP contribution >= 0.6 is 23.2 Å². The molecule has 1 unspecified atom stereocenters. The number of rotatable bonds is 3. The summed E-state index contributed by atoms with van der Waals surface area (Å²) in [5.74, 6) is 0. The Labute approximate surface area is 97.1 Å². The molecular formula is C8H7Cl2NO3S. The molecule has 1 rings (SSSR count). The number of benzene rings is 1. The number of hydrogen-bond donors (Lipinski definition) is 0. The summed E-state index contributed by atoms with van der Waals surface area (Å²) in [6.07, 6.45) is 0.902. The number of sulfone groups is 1. The molecule has 0 aromatic heterocycles. The Morgan fingerprint density at radius 3 is 2.07 bits per heavy atom. The summed E-state index contributed by atoms with van der Waals surface area (Å²) in [5.41, 5.74) is 0.0262. The van der Waals surface area contributed by atoms with Gasteiger partial charge in [-0.25, -0.2) is 8.42 Å². The van der Waals surface area contributed by atoms with Gasteiger partial charge in [0.25, 0.3) is 0 Å². The largest absolute Gasteiger partial charge is 0.226 e. The minimum absolute atomic E-state index is 0.0262. The van der Waals surface area contributed by atoms with Crippen LogP contribution in [0.15, 0.2) is 23.4 Å². The Bertz CT molecular complexity index is 466. The predicted molar refractivity (Wildman–Crippen MR) is 59.8 cm³/mol. The monoisotopic (exact) mass is 267 g/mol. The van der Waals surface area contributed by atoms with E-state index >= 15 is 0 Å². The Morgan fingerprint density at radius 1 is 1.27 bits per heavy atom. The van der Waals surface area contributed by atoms with E-state index in [0.717, 1.165) is 6.26 Å². The van der Waals surface area contributed by atoms with Crippen LogP contribution < -0.4 is 0 Å². The zero-order valence-corrected chi connectivity index (χ0v) is 9.97. The Hall–Kier alpha value is -0.650. The molecule has 0 saturated heterocycles. The summed E-state index contributed by atoms with van der Waals surface area (Å²) < 4.78 is 22.5. The third-order valence-corrected chi connectivity index (χ3v) is 3.54. The Morgan fingerprint density at radius 2 is 1.73 bits per heavy atom. The molecule has 1 atom stereocenters. The van der Waals surface area contributed by atoms with E-state index in [0.29, 0.717) is 0 Å². The molecule has 82 valence electrons. The first-order valence-corrected chi connectivity index (χ1v) is 6.54. The van der Waals surface area contributed by atoms with Crippen molar-refractivity contribution >= 4 is 33.0 Å². The normalized spacial score (nSPS) is 13.5. The van der Waals surface area contributed by atoms with Gasteiger partial charge in [-0.15, -0.1) is 4.91 Å². The van der Waals surface area contributed by atoms with E-state index in [2.05, 4.69) is 5.18 Å². The molecule has 0 radical (unpaired) electrons. The molecule has 0 bridgehead atoms. The van der Waals surface area contributed by atoms with E-state index < -0.39 is 15.2 Å². The van der Waals surface area contributed by atoms with Gasteiger partial charge in [0.2, 0.25) is 5.37 Å². The van der Waals surface area contributed by atoms with E-state index in [1.807, 2.05) is 0 Å². The SMILES string of the molecule is CS(=O)(=O)C(N=O)c1c(Cl)cccc1Cl. The highest BCUT2D eigenvalue weighted by molar-refractivity contribution is 7.90. The molecule has 0 N–H and O–H groups in total. The van der Waals surface area contributed by atoms with Gasteiger partial charge < -0.3 is 0 Å². The molecule has 0 aliphatic carbocycles. The summed E-state index contributed by atoms with van der Waals surface area (Å²) in [4.78, 5) is 10.5. The van der Waals surface area contributed by atoms with Crippen LogP contribution in [0.4, 0.5) is 0 Å². The topological polar surface area (TPSA) is 63.6 Å². The molecule has 15 heavy (non-hydrogen) atoms. The van der Waals surface area contributed by atoms with Gasteiger partial charge in [0.1, 0.15) is 0 Å². The lowest BCUT2D eigenvalue weighted by Crippen LogP contribution is -2.09. The lowest BCUT2D eigenvalue weighted by molar-refractivity contribution is 0.590. The maximum Gasteiger partial charge on any atom is 0.220 e. The number of nitroso groups, excluding NO2 is 1. The molecule has 1 aromatic rings. The van der Waals surface area contributed by atoms with Gasteiger partial charge in [-0.3, -0.25) is 0 Å². The van der Waals surface area contributed by atoms with Crippen molar-refractivity contribution in [2.45, 2.75) is 5.37 Å². The number of hydrogen-bond acceptors (Lipinski definition) is 4. The highest BCUT2D eigenvalue weighted by atomic mass is 35.5. The van der Waals surface area contributed by atoms with Crippen LogP contribution in [0.1, 0.15) is 10.9 Å². The van der Waals surface area contributed by atoms with Crippen molar-refractivity contribution in [1.29, 1.82) is 0 Å². The summed E-state index contributed by atoms with van der Waals surface area (Å²) in [5, 5.41) is 1.21. The smallest absolute Gasteiger partial charge is 0.220 e. The standard InChI is InChI=1S/C8H7Cl2NO3S/c1-15(13,14)8(11-12)7-5(9)3-2-4-6(7)10/h2-4,8H,1H3. The second-order valence-electron chi connectivity index (χ2n) is 2.92. The quantitative estimate of drug-likeness (QED) is 0.792. The first-order chi connectivity index (χ1) is 6.88. The van der Waals surface area contributed by atoms with Gasteiger partial charge in [-0.2, -0.15) is 0 Å². The molecule has 0 spiro atoms. The van der Waals surface area contributed by atoms with E-state index in [1.54, 1.807) is 6.07 Å². The fourth-order valence-electron chi connectivity index (χ4n) is 1.09. The van der Waals surface area contributed by atoms with Crippen molar-refractivity contribution < 1.29 is 8.42 Å². The lowest BCUT2D eigenvalue weighted by atomic mass is 10.2. The van der Waals surface area contributed by atoms with Crippen LogP contribution in [0, 0.1) is 4.91 Å². The van der Waals surface area contributed by atoms with E-state index in [1.165, 1.54) is 12.1 Å². The van der Waals surface area contributed by atoms with Crippen molar-refractivity contribution in [3.05, 3.63) is 38.7 Å². The molecule has 1 aromatic carbocycles. The fourth-order valence-corrected chi connectivity index (χ4v) is 2.66. The first-order valence-electron chi connectivity index (χ1n) is 3.83. The zero-order valence-electron chi connectivity index (χ0n) is 7.65. The number of nitrogens with zero attached hydrogens (tertiary/aromatic N) is 1. The molecule has 0 saturated carbocycles. The van der Waals surface area contributed by atoms with Crippen molar-refractivity contribution in [3.8, 4) is 0 Å². The maximum atomic E-state index is 11.3. The molecular weight excluding hydrogens is 261 g/mol. The summed E-state index contributed by atoms with van der Waals surface area (Å²) >= 11 is 11.5. The van der Waals surface area contributed by atoms with Crippen molar-refractivity contribution in [2.24, 2.45) is 5.18 Å². The lowest BCUT2D eigenvalue weighted by Gasteiger charge is -2.10. The Balaban J connectivity index is 3.43. The second kappa shape index (κ2) is 4.47.